The van der Waals surface area contributed by atoms with Crippen molar-refractivity contribution < 1.29 is 0 Å². The molecular formula is C16H17N. The third kappa shape index (κ3) is 2.23. The first-order chi connectivity index (χ1) is 8.09. The Morgan fingerprint density at radius 3 is 2.24 bits per heavy atom. The van der Waals surface area contributed by atoms with Gasteiger partial charge in [-0.3, -0.25) is 0 Å². The zero-order valence-electron chi connectivity index (χ0n) is 10.3. The molecule has 0 fully saturated rings. The van der Waals surface area contributed by atoms with E-state index in [0.717, 1.165) is 16.7 Å². The van der Waals surface area contributed by atoms with Gasteiger partial charge in [0.1, 0.15) is 0 Å². The molecule has 0 radical (unpaired) electrons. The summed E-state index contributed by atoms with van der Waals surface area (Å²) >= 11 is 0. The van der Waals surface area contributed by atoms with Crippen LogP contribution in [0.4, 0.5) is 0 Å². The Balaban J connectivity index is 2.63. The minimum atomic E-state index is 0.624. The van der Waals surface area contributed by atoms with Crippen molar-refractivity contribution >= 4 is 5.70 Å². The summed E-state index contributed by atoms with van der Waals surface area (Å²) in [6.07, 6.45) is 0. The van der Waals surface area contributed by atoms with E-state index >= 15 is 0 Å². The lowest BCUT2D eigenvalue weighted by molar-refractivity contribution is 1.39. The van der Waals surface area contributed by atoms with Gasteiger partial charge in [-0.1, -0.05) is 54.6 Å². The van der Waals surface area contributed by atoms with Crippen molar-refractivity contribution in [3.63, 3.8) is 0 Å². The SMILES string of the molecule is C=C(N)c1c(C)cccc1-c1ccc(C)cc1. The van der Waals surface area contributed by atoms with Gasteiger partial charge in [0.25, 0.3) is 0 Å². The Hall–Kier alpha value is -2.02. The van der Waals surface area contributed by atoms with Crippen molar-refractivity contribution in [2.45, 2.75) is 13.8 Å². The minimum Gasteiger partial charge on any atom is -0.399 e. The van der Waals surface area contributed by atoms with Crippen LogP contribution in [0.1, 0.15) is 16.7 Å². The zero-order chi connectivity index (χ0) is 12.4. The Labute approximate surface area is 103 Å². The van der Waals surface area contributed by atoms with Crippen molar-refractivity contribution in [3.05, 3.63) is 65.7 Å². The average molecular weight is 223 g/mol. The standard InChI is InChI=1S/C16H17N/c1-11-7-9-14(10-8-11)15-6-4-5-12(2)16(15)13(3)17/h4-10H,3,17H2,1-2H3. The van der Waals surface area contributed by atoms with E-state index in [2.05, 4.69) is 62.9 Å². The molecule has 2 N–H and O–H groups in total. The van der Waals surface area contributed by atoms with E-state index in [9.17, 15) is 0 Å². The summed E-state index contributed by atoms with van der Waals surface area (Å²) in [5.41, 5.74) is 12.3. The monoisotopic (exact) mass is 223 g/mol. The fourth-order valence-electron chi connectivity index (χ4n) is 2.07. The van der Waals surface area contributed by atoms with Crippen LogP contribution < -0.4 is 5.73 Å². The second kappa shape index (κ2) is 4.46. The molecule has 1 heteroatoms. The molecule has 0 heterocycles. The van der Waals surface area contributed by atoms with Crippen LogP contribution >= 0.6 is 0 Å². The summed E-state index contributed by atoms with van der Waals surface area (Å²) in [5, 5.41) is 0. The van der Waals surface area contributed by atoms with Crippen molar-refractivity contribution in [1.82, 2.24) is 0 Å². The second-order valence-corrected chi connectivity index (χ2v) is 4.39. The first-order valence-corrected chi connectivity index (χ1v) is 5.71. The molecule has 0 atom stereocenters. The predicted octanol–water partition coefficient (Wildman–Crippen LogP) is 3.90. The van der Waals surface area contributed by atoms with Gasteiger partial charge in [0.2, 0.25) is 0 Å². The summed E-state index contributed by atoms with van der Waals surface area (Å²) in [6.45, 7) is 8.01. The highest BCUT2D eigenvalue weighted by Crippen LogP contribution is 2.29. The molecule has 2 rings (SSSR count). The molecule has 0 saturated heterocycles. The van der Waals surface area contributed by atoms with Crippen LogP contribution in [0.5, 0.6) is 0 Å². The fraction of sp³-hybridized carbons (Fsp3) is 0.125. The van der Waals surface area contributed by atoms with Crippen LogP contribution in [0.15, 0.2) is 49.0 Å². The third-order valence-corrected chi connectivity index (χ3v) is 2.96. The topological polar surface area (TPSA) is 26.0 Å². The van der Waals surface area contributed by atoms with Gasteiger partial charge < -0.3 is 5.73 Å². The summed E-state index contributed by atoms with van der Waals surface area (Å²) in [7, 11) is 0. The number of aryl methyl sites for hydroxylation is 2. The minimum absolute atomic E-state index is 0.624. The van der Waals surface area contributed by atoms with E-state index in [4.69, 9.17) is 5.73 Å². The van der Waals surface area contributed by atoms with E-state index in [0.29, 0.717) is 5.70 Å². The Bertz CT molecular complexity index is 550. The summed E-state index contributed by atoms with van der Waals surface area (Å²) < 4.78 is 0. The maximum absolute atomic E-state index is 5.89. The van der Waals surface area contributed by atoms with Gasteiger partial charge in [0.05, 0.1) is 0 Å². The molecule has 0 unspecified atom stereocenters. The first kappa shape index (κ1) is 11.5. The highest BCUT2D eigenvalue weighted by Gasteiger charge is 2.08. The average Bonchev–Trinajstić information content (AvgIpc) is 2.29. The number of benzene rings is 2. The molecular weight excluding hydrogens is 206 g/mol. The molecule has 86 valence electrons. The molecule has 0 aromatic heterocycles. The molecule has 0 saturated carbocycles. The first-order valence-electron chi connectivity index (χ1n) is 5.71. The highest BCUT2D eigenvalue weighted by molar-refractivity contribution is 5.81. The molecule has 0 bridgehead atoms. The lowest BCUT2D eigenvalue weighted by Gasteiger charge is -2.12. The van der Waals surface area contributed by atoms with Gasteiger partial charge >= 0.3 is 0 Å². The zero-order valence-corrected chi connectivity index (χ0v) is 10.3. The molecule has 0 aliphatic carbocycles. The Morgan fingerprint density at radius 2 is 1.65 bits per heavy atom. The molecule has 0 spiro atoms. The Morgan fingerprint density at radius 1 is 1.00 bits per heavy atom. The van der Waals surface area contributed by atoms with E-state index in [-0.39, 0.29) is 0 Å². The van der Waals surface area contributed by atoms with Crippen molar-refractivity contribution in [2.24, 2.45) is 5.73 Å². The van der Waals surface area contributed by atoms with Crippen LogP contribution in [-0.4, -0.2) is 0 Å². The smallest absolute Gasteiger partial charge is 0.0323 e. The van der Waals surface area contributed by atoms with Crippen LogP contribution in [0.3, 0.4) is 0 Å². The van der Waals surface area contributed by atoms with E-state index in [1.54, 1.807) is 0 Å². The van der Waals surface area contributed by atoms with E-state index in [1.807, 2.05) is 0 Å². The van der Waals surface area contributed by atoms with Crippen molar-refractivity contribution in [2.75, 3.05) is 0 Å². The van der Waals surface area contributed by atoms with Gasteiger partial charge in [0.15, 0.2) is 0 Å². The van der Waals surface area contributed by atoms with Gasteiger partial charge in [-0.05, 0) is 30.5 Å². The molecule has 17 heavy (non-hydrogen) atoms. The summed E-state index contributed by atoms with van der Waals surface area (Å²) in [4.78, 5) is 0. The van der Waals surface area contributed by atoms with Crippen molar-refractivity contribution in [1.29, 1.82) is 0 Å². The quantitative estimate of drug-likeness (QED) is 0.821. The maximum Gasteiger partial charge on any atom is 0.0323 e. The third-order valence-electron chi connectivity index (χ3n) is 2.96. The Kier molecular flexibility index (Phi) is 3.01. The second-order valence-electron chi connectivity index (χ2n) is 4.39. The van der Waals surface area contributed by atoms with Gasteiger partial charge in [-0.15, -0.1) is 0 Å². The highest BCUT2D eigenvalue weighted by atomic mass is 14.6. The van der Waals surface area contributed by atoms with Crippen LogP contribution in [-0.2, 0) is 0 Å². The van der Waals surface area contributed by atoms with E-state index in [1.165, 1.54) is 11.1 Å². The molecule has 0 aliphatic rings. The molecule has 0 amide bonds. The number of nitrogens with two attached hydrogens (primary N) is 1. The van der Waals surface area contributed by atoms with Crippen LogP contribution in [0, 0.1) is 13.8 Å². The summed E-state index contributed by atoms with van der Waals surface area (Å²) in [6, 6.07) is 14.7. The lowest BCUT2D eigenvalue weighted by Crippen LogP contribution is -1.99. The molecule has 1 nitrogen and oxygen atoms in total. The van der Waals surface area contributed by atoms with Gasteiger partial charge in [0, 0.05) is 11.3 Å². The largest absolute Gasteiger partial charge is 0.399 e. The fourth-order valence-corrected chi connectivity index (χ4v) is 2.07. The molecule has 2 aromatic carbocycles. The maximum atomic E-state index is 5.89. The normalized spacial score (nSPS) is 10.2. The lowest BCUT2D eigenvalue weighted by atomic mass is 9.94. The van der Waals surface area contributed by atoms with Crippen molar-refractivity contribution in [3.8, 4) is 11.1 Å². The van der Waals surface area contributed by atoms with Gasteiger partial charge in [-0.2, -0.15) is 0 Å². The van der Waals surface area contributed by atoms with Crippen LogP contribution in [0.25, 0.3) is 16.8 Å². The van der Waals surface area contributed by atoms with Crippen LogP contribution in [0.2, 0.25) is 0 Å². The predicted molar refractivity (Wildman–Crippen MR) is 74.6 cm³/mol. The number of hydrogen-bond donors (Lipinski definition) is 1. The van der Waals surface area contributed by atoms with E-state index < -0.39 is 0 Å². The molecule has 2 aromatic rings. The van der Waals surface area contributed by atoms with Gasteiger partial charge in [-0.25, -0.2) is 0 Å². The summed E-state index contributed by atoms with van der Waals surface area (Å²) in [5.74, 6) is 0. The molecule has 0 aliphatic heterocycles. The number of rotatable bonds is 2. The number of hydrogen-bond acceptors (Lipinski definition) is 1.